The van der Waals surface area contributed by atoms with Crippen LogP contribution in [0.4, 0.5) is 0 Å². The lowest BCUT2D eigenvalue weighted by atomic mass is 9.78. The molecule has 1 heterocycles. The number of hydrogen-bond acceptors (Lipinski definition) is 6. The molecule has 0 amide bonds. The van der Waals surface area contributed by atoms with Gasteiger partial charge in [0.15, 0.2) is 23.2 Å². The van der Waals surface area contributed by atoms with E-state index in [1.54, 1.807) is 36.4 Å². The van der Waals surface area contributed by atoms with E-state index in [0.717, 1.165) is 0 Å². The Balaban J connectivity index is 1.56. The second kappa shape index (κ2) is 9.30. The number of fused-ring (bicyclic) bond motifs is 2. The van der Waals surface area contributed by atoms with Crippen LogP contribution in [0.15, 0.2) is 60.7 Å². The van der Waals surface area contributed by atoms with Gasteiger partial charge in [-0.1, -0.05) is 59.7 Å². The number of H-pyrrole nitrogens is 1. The van der Waals surface area contributed by atoms with Crippen LogP contribution in [0.1, 0.15) is 95.4 Å². The number of benzene rings is 3. The van der Waals surface area contributed by atoms with Gasteiger partial charge in [0, 0.05) is 22.8 Å². The van der Waals surface area contributed by atoms with Crippen molar-refractivity contribution in [3.63, 3.8) is 0 Å². The number of rotatable bonds is 3. The average Bonchev–Trinajstić information content (AvgIpc) is 3.13. The van der Waals surface area contributed by atoms with Crippen LogP contribution in [-0.2, 0) is 10.8 Å². The van der Waals surface area contributed by atoms with Crippen molar-refractivity contribution in [1.29, 1.82) is 0 Å². The number of hydrogen-bond donors (Lipinski definition) is 2. The molecule has 1 unspecified atom stereocenters. The average molecular weight is 539 g/mol. The number of carbonyl (C=O) groups is 3. The largest absolute Gasteiger partial charge is 0.507 e. The minimum absolute atomic E-state index is 0.0161. The highest BCUT2D eigenvalue weighted by molar-refractivity contribution is 6.30. The van der Waals surface area contributed by atoms with Gasteiger partial charge >= 0.3 is 5.97 Å². The van der Waals surface area contributed by atoms with E-state index in [4.69, 9.17) is 4.74 Å². The highest BCUT2D eigenvalue weighted by Crippen LogP contribution is 2.41. The summed E-state index contributed by atoms with van der Waals surface area (Å²) in [5, 5.41) is 21.9. The van der Waals surface area contributed by atoms with Gasteiger partial charge in [0.2, 0.25) is 5.75 Å². The van der Waals surface area contributed by atoms with E-state index in [1.165, 1.54) is 18.2 Å². The van der Waals surface area contributed by atoms with E-state index in [1.807, 2.05) is 47.6 Å². The Hall–Kier alpha value is -4.52. The van der Waals surface area contributed by atoms with E-state index in [-0.39, 0.29) is 28.4 Å². The Kier molecular flexibility index (Phi) is 6.29. The van der Waals surface area contributed by atoms with Crippen molar-refractivity contribution < 1.29 is 34.3 Å². The minimum atomic E-state index is -1.14. The number of ether oxygens (including phenoxy) is 1. The van der Waals surface area contributed by atoms with Crippen LogP contribution in [0.5, 0.6) is 17.2 Å². The maximum Gasteiger partial charge on any atom is 0.343 e. The smallest absolute Gasteiger partial charge is 0.343 e. The topological polar surface area (TPSA) is 115 Å². The fourth-order valence-corrected chi connectivity index (χ4v) is 5.20. The number of Topliss-reactive ketones (excluding diaryl/α,β-unsaturated/α-hetero) is 2. The van der Waals surface area contributed by atoms with Gasteiger partial charge in [-0.05, 0) is 47.2 Å². The van der Waals surface area contributed by atoms with Crippen molar-refractivity contribution in [3.05, 3.63) is 94.2 Å². The number of ketones is 2. The van der Waals surface area contributed by atoms with Crippen molar-refractivity contribution in [3.8, 4) is 17.2 Å². The first-order chi connectivity index (χ1) is 18.7. The maximum absolute atomic E-state index is 13.5. The first-order valence-corrected chi connectivity index (χ1v) is 13.1. The van der Waals surface area contributed by atoms with Crippen molar-refractivity contribution in [2.75, 3.05) is 0 Å². The molecule has 1 aliphatic carbocycles. The van der Waals surface area contributed by atoms with Crippen LogP contribution < -0.4 is 9.72 Å². The summed E-state index contributed by atoms with van der Waals surface area (Å²) in [5.74, 6) is -2.48. The lowest BCUT2D eigenvalue weighted by molar-refractivity contribution is -0.357. The highest BCUT2D eigenvalue weighted by atomic mass is 16.5. The molecule has 7 heteroatoms. The zero-order chi connectivity index (χ0) is 29.1. The summed E-state index contributed by atoms with van der Waals surface area (Å²) >= 11 is 0. The van der Waals surface area contributed by atoms with Crippen LogP contribution in [0.25, 0.3) is 10.9 Å². The van der Waals surface area contributed by atoms with Crippen molar-refractivity contribution in [2.24, 2.45) is 0 Å². The molecule has 0 aliphatic heterocycles. The fraction of sp³-hybridized carbons (Fsp3) is 0.273. The predicted octanol–water partition coefficient (Wildman–Crippen LogP) is 6.04. The second-order valence-corrected chi connectivity index (χ2v) is 12.3. The van der Waals surface area contributed by atoms with Crippen LogP contribution in [0.3, 0.4) is 0 Å². The Morgan fingerprint density at radius 3 is 2.05 bits per heavy atom. The SMILES string of the molecule is CC(C)(C)c1cc(C(=O)Oc2cccc3ccc(C4C(=O)c5cccc(O)c5C4=O)[nH+]c23)cc(C(C)(C)C)c1O. The number of esters is 1. The van der Waals surface area contributed by atoms with Gasteiger partial charge in [0.25, 0.3) is 5.52 Å². The molecule has 0 bridgehead atoms. The minimum Gasteiger partial charge on any atom is -0.507 e. The fourth-order valence-electron chi connectivity index (χ4n) is 5.20. The number of carbonyl (C=O) groups excluding carboxylic acids is 3. The second-order valence-electron chi connectivity index (χ2n) is 12.3. The third-order valence-electron chi connectivity index (χ3n) is 7.32. The van der Waals surface area contributed by atoms with Crippen molar-refractivity contribution >= 4 is 28.4 Å². The third kappa shape index (κ3) is 4.51. The van der Waals surface area contributed by atoms with Crippen molar-refractivity contribution in [1.82, 2.24) is 0 Å². The monoisotopic (exact) mass is 538 g/mol. The molecule has 0 radical (unpaired) electrons. The van der Waals surface area contributed by atoms with Gasteiger partial charge in [-0.25, -0.2) is 9.78 Å². The summed E-state index contributed by atoms with van der Waals surface area (Å²) < 4.78 is 5.88. The zero-order valence-corrected chi connectivity index (χ0v) is 23.4. The van der Waals surface area contributed by atoms with Crippen LogP contribution in [0.2, 0.25) is 0 Å². The van der Waals surface area contributed by atoms with E-state index in [0.29, 0.717) is 33.3 Å². The summed E-state index contributed by atoms with van der Waals surface area (Å²) in [7, 11) is 0. The maximum atomic E-state index is 13.5. The Morgan fingerprint density at radius 2 is 1.45 bits per heavy atom. The molecule has 40 heavy (non-hydrogen) atoms. The quantitative estimate of drug-likeness (QED) is 0.187. The molecule has 0 saturated carbocycles. The number of nitrogens with one attached hydrogen (secondary N) is 1. The molecular formula is C33H32NO6+. The number of aromatic nitrogens is 1. The molecule has 0 fully saturated rings. The van der Waals surface area contributed by atoms with Gasteiger partial charge in [-0.15, -0.1) is 0 Å². The molecule has 7 nitrogen and oxygen atoms in total. The number of pyridine rings is 1. The van der Waals surface area contributed by atoms with Crippen molar-refractivity contribution in [2.45, 2.75) is 58.3 Å². The van der Waals surface area contributed by atoms with Gasteiger partial charge in [-0.2, -0.15) is 0 Å². The molecule has 1 aliphatic rings. The summed E-state index contributed by atoms with van der Waals surface area (Å²) in [5.41, 5.74) is 1.70. The van der Waals surface area contributed by atoms with E-state index < -0.39 is 34.3 Å². The number of phenols is 2. The number of phenolic OH excluding ortho intramolecular Hbond substituents is 2. The third-order valence-corrected chi connectivity index (χ3v) is 7.32. The van der Waals surface area contributed by atoms with E-state index >= 15 is 0 Å². The molecule has 0 saturated heterocycles. The molecule has 5 rings (SSSR count). The summed E-state index contributed by atoms with van der Waals surface area (Å²) in [6, 6.07) is 16.4. The van der Waals surface area contributed by atoms with Crippen LogP contribution in [0, 0.1) is 0 Å². The Labute approximate surface area is 232 Å². The highest BCUT2D eigenvalue weighted by Gasteiger charge is 2.45. The standard InChI is InChI=1S/C33H31NO6/c1-32(2,3)20-15-18(16-21(29(20)37)33(4,5)6)31(39)40-24-12-7-9-17-13-14-22(34-27(17)24)26-28(36)19-10-8-11-23(35)25(19)30(26)38/h7-16,26,35,37H,1-6H3/p+1. The lowest BCUT2D eigenvalue weighted by Gasteiger charge is -2.27. The summed E-state index contributed by atoms with van der Waals surface area (Å²) in [4.78, 5) is 43.0. The first-order valence-electron chi connectivity index (χ1n) is 13.1. The Bertz CT molecular complexity index is 1690. The number of aromatic amines is 1. The van der Waals surface area contributed by atoms with E-state index in [9.17, 15) is 24.6 Å². The van der Waals surface area contributed by atoms with Gasteiger partial charge in [0.1, 0.15) is 11.5 Å². The van der Waals surface area contributed by atoms with Crippen LogP contribution in [-0.4, -0.2) is 27.7 Å². The number of para-hydroxylation sites is 1. The molecule has 204 valence electrons. The molecule has 4 aromatic rings. The molecule has 1 aromatic heterocycles. The zero-order valence-electron chi connectivity index (χ0n) is 23.4. The molecule has 0 spiro atoms. The normalized spacial score (nSPS) is 15.4. The van der Waals surface area contributed by atoms with E-state index in [2.05, 4.69) is 4.98 Å². The van der Waals surface area contributed by atoms with Gasteiger partial charge in [0.05, 0.1) is 16.5 Å². The summed E-state index contributed by atoms with van der Waals surface area (Å²) in [6.07, 6.45) is 0. The lowest BCUT2D eigenvalue weighted by Crippen LogP contribution is -2.24. The molecule has 3 aromatic carbocycles. The summed E-state index contributed by atoms with van der Waals surface area (Å²) in [6.45, 7) is 11.8. The van der Waals surface area contributed by atoms with Gasteiger partial charge in [-0.3, -0.25) is 9.59 Å². The Morgan fingerprint density at radius 1 is 0.825 bits per heavy atom. The van der Waals surface area contributed by atoms with Gasteiger partial charge < -0.3 is 14.9 Å². The molecular weight excluding hydrogens is 506 g/mol. The molecule has 3 N–H and O–H groups in total. The predicted molar refractivity (Wildman–Crippen MR) is 150 cm³/mol. The first kappa shape index (κ1) is 27.1. The number of aromatic hydroxyl groups is 2. The molecule has 1 atom stereocenters. The van der Waals surface area contributed by atoms with Crippen LogP contribution >= 0.6 is 0 Å².